The Labute approximate surface area is 144 Å². The molecule has 0 saturated carbocycles. The zero-order valence-corrected chi connectivity index (χ0v) is 15.3. The second kappa shape index (κ2) is 7.62. The van der Waals surface area contributed by atoms with Crippen LogP contribution in [-0.4, -0.2) is 29.3 Å². The number of amides is 1. The summed E-state index contributed by atoms with van der Waals surface area (Å²) >= 11 is 0. The van der Waals surface area contributed by atoms with Crippen LogP contribution in [0.1, 0.15) is 43.5 Å². The summed E-state index contributed by atoms with van der Waals surface area (Å²) in [4.78, 5) is 12.6. The average molecular weight is 328 g/mol. The number of nitrogens with one attached hydrogen (secondary N) is 2. The van der Waals surface area contributed by atoms with Gasteiger partial charge in [-0.15, -0.1) is 0 Å². The van der Waals surface area contributed by atoms with Gasteiger partial charge in [0, 0.05) is 30.8 Å². The molecule has 0 radical (unpaired) electrons. The monoisotopic (exact) mass is 328 g/mol. The van der Waals surface area contributed by atoms with Crippen molar-refractivity contribution >= 4 is 5.91 Å². The maximum atomic E-state index is 12.6. The van der Waals surface area contributed by atoms with Crippen molar-refractivity contribution in [3.05, 3.63) is 53.3 Å². The van der Waals surface area contributed by atoms with E-state index in [1.54, 1.807) is 17.9 Å². The first-order valence-corrected chi connectivity index (χ1v) is 8.40. The Hall–Kier alpha value is -2.14. The predicted octanol–water partition coefficient (Wildman–Crippen LogP) is 2.34. The van der Waals surface area contributed by atoms with Crippen molar-refractivity contribution < 1.29 is 4.79 Å². The van der Waals surface area contributed by atoms with Gasteiger partial charge in [-0.2, -0.15) is 5.10 Å². The summed E-state index contributed by atoms with van der Waals surface area (Å²) in [5.74, 6) is -0.0382. The zero-order valence-electron chi connectivity index (χ0n) is 15.3. The number of likely N-dealkylation sites (N-methyl/N-ethyl adjacent to an activating group) is 1. The molecule has 130 valence electrons. The molecular weight excluding hydrogens is 300 g/mol. The van der Waals surface area contributed by atoms with Crippen LogP contribution in [0.2, 0.25) is 0 Å². The zero-order chi connectivity index (χ0) is 17.7. The van der Waals surface area contributed by atoms with Crippen molar-refractivity contribution in [1.29, 1.82) is 0 Å². The summed E-state index contributed by atoms with van der Waals surface area (Å²) < 4.78 is 1.70. The normalized spacial score (nSPS) is 12.9. The minimum Gasteiger partial charge on any atom is -0.354 e. The first kappa shape index (κ1) is 18.2. The molecule has 0 aliphatic rings. The van der Waals surface area contributed by atoms with Crippen LogP contribution in [0.25, 0.3) is 0 Å². The van der Waals surface area contributed by atoms with E-state index >= 15 is 0 Å². The van der Waals surface area contributed by atoms with Crippen molar-refractivity contribution in [2.75, 3.05) is 13.6 Å². The van der Waals surface area contributed by atoms with E-state index in [0.29, 0.717) is 6.54 Å². The lowest BCUT2D eigenvalue weighted by Crippen LogP contribution is -2.42. The van der Waals surface area contributed by atoms with Crippen LogP contribution in [0.3, 0.4) is 0 Å². The van der Waals surface area contributed by atoms with E-state index in [-0.39, 0.29) is 11.3 Å². The van der Waals surface area contributed by atoms with Gasteiger partial charge in [0.25, 0.3) is 0 Å². The molecule has 5 heteroatoms. The smallest absolute Gasteiger partial charge is 0.241 e. The maximum Gasteiger partial charge on any atom is 0.241 e. The number of carbonyl (C=O) groups excluding carboxylic acids is 1. The molecule has 0 spiro atoms. The molecule has 1 unspecified atom stereocenters. The van der Waals surface area contributed by atoms with E-state index in [9.17, 15) is 4.79 Å². The van der Waals surface area contributed by atoms with Crippen LogP contribution < -0.4 is 10.6 Å². The number of carbonyl (C=O) groups is 1. The Morgan fingerprint density at radius 2 is 1.96 bits per heavy atom. The molecule has 1 atom stereocenters. The fourth-order valence-corrected chi connectivity index (χ4v) is 2.74. The highest BCUT2D eigenvalue weighted by Gasteiger charge is 2.25. The number of benzene rings is 1. The quantitative estimate of drug-likeness (QED) is 0.820. The third kappa shape index (κ3) is 4.23. The van der Waals surface area contributed by atoms with Crippen LogP contribution in [0.5, 0.6) is 0 Å². The van der Waals surface area contributed by atoms with Gasteiger partial charge >= 0.3 is 0 Å². The number of hydrogen-bond donors (Lipinski definition) is 2. The standard InChI is InChI=1S/C19H28N4O/c1-6-14-7-9-16(10-8-14)19(2,3)13-21-18(24)17(20-4)15-11-22-23(5)12-15/h7-12,17,20H,6,13H2,1-5H3,(H,21,24). The molecule has 0 saturated heterocycles. The first-order valence-electron chi connectivity index (χ1n) is 8.40. The van der Waals surface area contributed by atoms with Gasteiger partial charge in [0.15, 0.2) is 0 Å². The fourth-order valence-electron chi connectivity index (χ4n) is 2.74. The first-order chi connectivity index (χ1) is 11.4. The van der Waals surface area contributed by atoms with Crippen LogP contribution in [0.15, 0.2) is 36.7 Å². The summed E-state index contributed by atoms with van der Waals surface area (Å²) in [6.07, 6.45) is 4.61. The second-order valence-electron chi connectivity index (χ2n) is 6.82. The highest BCUT2D eigenvalue weighted by Crippen LogP contribution is 2.23. The molecule has 0 bridgehead atoms. The van der Waals surface area contributed by atoms with E-state index in [4.69, 9.17) is 0 Å². The van der Waals surface area contributed by atoms with Gasteiger partial charge in [-0.25, -0.2) is 0 Å². The summed E-state index contributed by atoms with van der Waals surface area (Å²) in [7, 11) is 3.63. The van der Waals surface area contributed by atoms with Crippen LogP contribution >= 0.6 is 0 Å². The molecule has 2 rings (SSSR count). The van der Waals surface area contributed by atoms with Crippen LogP contribution in [0, 0.1) is 0 Å². The average Bonchev–Trinajstić information content (AvgIpc) is 3.00. The molecule has 2 aromatic rings. The maximum absolute atomic E-state index is 12.6. The lowest BCUT2D eigenvalue weighted by molar-refractivity contribution is -0.123. The second-order valence-corrected chi connectivity index (χ2v) is 6.82. The van der Waals surface area contributed by atoms with Gasteiger partial charge < -0.3 is 10.6 Å². The summed E-state index contributed by atoms with van der Waals surface area (Å²) in [5, 5.41) is 10.3. The molecular formula is C19H28N4O. The Bertz CT molecular complexity index is 673. The Morgan fingerprint density at radius 1 is 1.29 bits per heavy atom. The fraction of sp³-hybridized carbons (Fsp3) is 0.474. The molecule has 1 heterocycles. The highest BCUT2D eigenvalue weighted by atomic mass is 16.2. The molecule has 5 nitrogen and oxygen atoms in total. The molecule has 1 amide bonds. The van der Waals surface area contributed by atoms with Gasteiger partial charge in [-0.05, 0) is 24.6 Å². The minimum absolute atomic E-state index is 0.0382. The largest absolute Gasteiger partial charge is 0.354 e. The van der Waals surface area contributed by atoms with Crippen molar-refractivity contribution in [2.45, 2.75) is 38.6 Å². The number of hydrogen-bond acceptors (Lipinski definition) is 3. The van der Waals surface area contributed by atoms with E-state index in [1.165, 1.54) is 11.1 Å². The van der Waals surface area contributed by atoms with E-state index < -0.39 is 6.04 Å². The molecule has 0 aliphatic carbocycles. The molecule has 24 heavy (non-hydrogen) atoms. The number of rotatable bonds is 7. The topological polar surface area (TPSA) is 59.0 Å². The van der Waals surface area contributed by atoms with Gasteiger partial charge in [-0.3, -0.25) is 9.48 Å². The van der Waals surface area contributed by atoms with Crippen LogP contribution in [-0.2, 0) is 23.7 Å². The predicted molar refractivity (Wildman–Crippen MR) is 96.9 cm³/mol. The Balaban J connectivity index is 2.02. The molecule has 2 N–H and O–H groups in total. The lowest BCUT2D eigenvalue weighted by Gasteiger charge is -2.27. The number of aryl methyl sites for hydroxylation is 2. The molecule has 1 aromatic heterocycles. The lowest BCUT2D eigenvalue weighted by atomic mass is 9.84. The van der Waals surface area contributed by atoms with Gasteiger partial charge in [0.2, 0.25) is 5.91 Å². The third-order valence-corrected chi connectivity index (χ3v) is 4.46. The number of aromatic nitrogens is 2. The van der Waals surface area contributed by atoms with E-state index in [1.807, 2.05) is 13.2 Å². The van der Waals surface area contributed by atoms with Crippen molar-refractivity contribution in [3.63, 3.8) is 0 Å². The third-order valence-electron chi connectivity index (χ3n) is 4.46. The van der Waals surface area contributed by atoms with Crippen LogP contribution in [0.4, 0.5) is 0 Å². The summed E-state index contributed by atoms with van der Waals surface area (Å²) in [6.45, 7) is 7.02. The SMILES string of the molecule is CCc1ccc(C(C)(C)CNC(=O)C(NC)c2cnn(C)c2)cc1. The molecule has 0 aliphatic heterocycles. The summed E-state index contributed by atoms with van der Waals surface area (Å²) in [6, 6.07) is 8.23. The molecule has 0 fully saturated rings. The van der Waals surface area contributed by atoms with Gasteiger partial charge in [0.1, 0.15) is 6.04 Å². The number of nitrogens with zero attached hydrogens (tertiary/aromatic N) is 2. The van der Waals surface area contributed by atoms with Crippen molar-refractivity contribution in [1.82, 2.24) is 20.4 Å². The van der Waals surface area contributed by atoms with E-state index in [0.717, 1.165) is 12.0 Å². The minimum atomic E-state index is -0.392. The summed E-state index contributed by atoms with van der Waals surface area (Å²) in [5.41, 5.74) is 3.28. The molecule has 1 aromatic carbocycles. The van der Waals surface area contributed by atoms with Gasteiger partial charge in [-0.1, -0.05) is 45.0 Å². The van der Waals surface area contributed by atoms with Crippen molar-refractivity contribution in [3.8, 4) is 0 Å². The van der Waals surface area contributed by atoms with E-state index in [2.05, 4.69) is 60.8 Å². The Morgan fingerprint density at radius 3 is 2.46 bits per heavy atom. The van der Waals surface area contributed by atoms with Gasteiger partial charge in [0.05, 0.1) is 6.20 Å². The van der Waals surface area contributed by atoms with Crippen molar-refractivity contribution in [2.24, 2.45) is 7.05 Å². The Kier molecular flexibility index (Phi) is 5.78. The highest BCUT2D eigenvalue weighted by molar-refractivity contribution is 5.83.